The first kappa shape index (κ1) is 22.5. The van der Waals surface area contributed by atoms with Crippen LogP contribution in [0, 0.1) is 18.6 Å². The zero-order valence-corrected chi connectivity index (χ0v) is 19.4. The topological polar surface area (TPSA) is 102 Å². The molecule has 5 rings (SSSR count). The van der Waals surface area contributed by atoms with E-state index in [9.17, 15) is 22.0 Å². The molecule has 2 heterocycles. The number of anilines is 1. The maximum absolute atomic E-state index is 13.6. The van der Waals surface area contributed by atoms with Crippen molar-refractivity contribution in [2.75, 3.05) is 4.72 Å². The lowest BCUT2D eigenvalue weighted by Gasteiger charge is -2.07. The van der Waals surface area contributed by atoms with Gasteiger partial charge in [-0.25, -0.2) is 26.9 Å². The Labute approximate surface area is 198 Å². The van der Waals surface area contributed by atoms with E-state index in [-0.39, 0.29) is 16.4 Å². The van der Waals surface area contributed by atoms with Gasteiger partial charge in [0.25, 0.3) is 15.6 Å². The summed E-state index contributed by atoms with van der Waals surface area (Å²) in [6.07, 6.45) is 0. The number of para-hydroxylation sites is 1. The summed E-state index contributed by atoms with van der Waals surface area (Å²) < 4.78 is 58.6. The Kier molecular flexibility index (Phi) is 5.28. The number of fused-ring (bicyclic) bond motifs is 1. The van der Waals surface area contributed by atoms with Crippen molar-refractivity contribution in [3.05, 3.63) is 94.4 Å². The number of sulfonamides is 1. The van der Waals surface area contributed by atoms with Gasteiger partial charge in [0, 0.05) is 12.6 Å². The highest BCUT2D eigenvalue weighted by Crippen LogP contribution is 2.25. The second-order valence-corrected chi connectivity index (χ2v) is 9.62. The number of hydrogen-bond acceptors (Lipinski definition) is 4. The number of hydrogen-bond donors (Lipinski definition) is 2. The zero-order valence-electron chi connectivity index (χ0n) is 18.6. The molecule has 35 heavy (non-hydrogen) atoms. The number of H-pyrrole nitrogens is 1. The average Bonchev–Trinajstić information content (AvgIpc) is 3.35. The Morgan fingerprint density at radius 2 is 1.71 bits per heavy atom. The molecule has 5 aromatic rings. The minimum absolute atomic E-state index is 0.0662. The Balaban J connectivity index is 1.52. The number of imidazole rings is 1. The lowest BCUT2D eigenvalue weighted by atomic mass is 10.2. The smallest absolute Gasteiger partial charge is 0.296 e. The van der Waals surface area contributed by atoms with E-state index in [1.807, 2.05) is 6.07 Å². The monoisotopic (exact) mass is 495 g/mol. The number of benzene rings is 3. The summed E-state index contributed by atoms with van der Waals surface area (Å²) in [4.78, 5) is 20.2. The van der Waals surface area contributed by atoms with Crippen molar-refractivity contribution >= 4 is 26.7 Å². The number of nitrogens with one attached hydrogen (secondary N) is 2. The quantitative estimate of drug-likeness (QED) is 0.383. The van der Waals surface area contributed by atoms with E-state index in [1.54, 1.807) is 42.9 Å². The van der Waals surface area contributed by atoms with Gasteiger partial charge in [0.05, 0.1) is 27.3 Å². The van der Waals surface area contributed by atoms with Crippen LogP contribution in [0.3, 0.4) is 0 Å². The number of halogens is 2. The molecule has 11 heteroatoms. The number of nitrogens with zero attached hydrogens (tertiary/aromatic N) is 3. The number of aromatic nitrogens is 4. The summed E-state index contributed by atoms with van der Waals surface area (Å²) >= 11 is 0. The molecule has 2 N–H and O–H groups in total. The first-order valence-corrected chi connectivity index (χ1v) is 12.0. The van der Waals surface area contributed by atoms with Gasteiger partial charge in [-0.1, -0.05) is 18.2 Å². The molecule has 0 aliphatic heterocycles. The van der Waals surface area contributed by atoms with Gasteiger partial charge in [0.15, 0.2) is 11.6 Å². The summed E-state index contributed by atoms with van der Waals surface area (Å²) in [5.41, 5.74) is 1.57. The zero-order chi connectivity index (χ0) is 24.9. The minimum atomic E-state index is -4.14. The fourth-order valence-corrected chi connectivity index (χ4v) is 4.96. The van der Waals surface area contributed by atoms with Gasteiger partial charge in [0.2, 0.25) is 0 Å². The third-order valence-corrected chi connectivity index (χ3v) is 7.09. The van der Waals surface area contributed by atoms with E-state index < -0.39 is 27.2 Å². The molecule has 0 fully saturated rings. The van der Waals surface area contributed by atoms with E-state index in [1.165, 1.54) is 28.9 Å². The molecule has 0 saturated heterocycles. The molecule has 0 saturated carbocycles. The van der Waals surface area contributed by atoms with Crippen LogP contribution < -0.4 is 10.3 Å². The minimum Gasteiger partial charge on any atom is -0.338 e. The predicted molar refractivity (Wildman–Crippen MR) is 128 cm³/mol. The SMILES string of the molecule is Cc1c(NS(=O)(=O)c2ccc3nc(-c4ccc(F)c(F)c4)[nH]c3c2)c(=O)n(-c2ccccc2)n1C. The molecule has 3 aromatic carbocycles. The van der Waals surface area contributed by atoms with Crippen LogP contribution in [0.1, 0.15) is 5.69 Å². The van der Waals surface area contributed by atoms with Crippen molar-refractivity contribution in [2.45, 2.75) is 11.8 Å². The molecule has 0 atom stereocenters. The van der Waals surface area contributed by atoms with Crippen LogP contribution in [-0.4, -0.2) is 27.7 Å². The molecule has 178 valence electrons. The van der Waals surface area contributed by atoms with E-state index in [4.69, 9.17) is 0 Å². The highest BCUT2D eigenvalue weighted by Gasteiger charge is 2.23. The van der Waals surface area contributed by atoms with Crippen molar-refractivity contribution in [2.24, 2.45) is 7.05 Å². The predicted octanol–water partition coefficient (Wildman–Crippen LogP) is 4.11. The van der Waals surface area contributed by atoms with E-state index in [0.717, 1.165) is 12.1 Å². The van der Waals surface area contributed by atoms with Gasteiger partial charge in [-0.15, -0.1) is 0 Å². The lowest BCUT2D eigenvalue weighted by Crippen LogP contribution is -2.23. The van der Waals surface area contributed by atoms with Crippen molar-refractivity contribution in [3.63, 3.8) is 0 Å². The van der Waals surface area contributed by atoms with E-state index in [0.29, 0.717) is 28.0 Å². The van der Waals surface area contributed by atoms with Gasteiger partial charge >= 0.3 is 0 Å². The van der Waals surface area contributed by atoms with Crippen LogP contribution in [0.25, 0.3) is 28.1 Å². The van der Waals surface area contributed by atoms with Crippen LogP contribution >= 0.6 is 0 Å². The van der Waals surface area contributed by atoms with Crippen LogP contribution in [0.4, 0.5) is 14.5 Å². The fraction of sp³-hybridized carbons (Fsp3) is 0.0833. The van der Waals surface area contributed by atoms with Gasteiger partial charge in [-0.3, -0.25) is 14.2 Å². The van der Waals surface area contributed by atoms with Gasteiger partial charge < -0.3 is 4.98 Å². The van der Waals surface area contributed by atoms with Crippen molar-refractivity contribution in [1.82, 2.24) is 19.3 Å². The van der Waals surface area contributed by atoms with Gasteiger partial charge in [-0.05, 0) is 55.5 Å². The van der Waals surface area contributed by atoms with Gasteiger partial charge in [0.1, 0.15) is 11.5 Å². The third kappa shape index (κ3) is 3.89. The van der Waals surface area contributed by atoms with Crippen molar-refractivity contribution < 1.29 is 17.2 Å². The fourth-order valence-electron chi connectivity index (χ4n) is 3.82. The normalized spacial score (nSPS) is 11.8. The van der Waals surface area contributed by atoms with E-state index in [2.05, 4.69) is 14.7 Å². The molecule has 0 aliphatic rings. The largest absolute Gasteiger partial charge is 0.338 e. The Morgan fingerprint density at radius 3 is 2.43 bits per heavy atom. The molecule has 0 radical (unpaired) electrons. The molecular weight excluding hydrogens is 476 g/mol. The molecule has 0 amide bonds. The van der Waals surface area contributed by atoms with Crippen LogP contribution in [0.15, 0.2) is 76.4 Å². The summed E-state index contributed by atoms with van der Waals surface area (Å²) in [6.45, 7) is 1.64. The second kappa shape index (κ2) is 8.20. The van der Waals surface area contributed by atoms with Gasteiger partial charge in [-0.2, -0.15) is 0 Å². The Morgan fingerprint density at radius 1 is 0.971 bits per heavy atom. The van der Waals surface area contributed by atoms with Crippen molar-refractivity contribution in [1.29, 1.82) is 0 Å². The summed E-state index contributed by atoms with van der Waals surface area (Å²) in [5.74, 6) is -1.74. The molecule has 0 aliphatic carbocycles. The van der Waals surface area contributed by atoms with Crippen LogP contribution in [0.2, 0.25) is 0 Å². The summed E-state index contributed by atoms with van der Waals surface area (Å²) in [5, 5.41) is 0. The molecule has 0 spiro atoms. The highest BCUT2D eigenvalue weighted by molar-refractivity contribution is 7.92. The lowest BCUT2D eigenvalue weighted by molar-refractivity contribution is 0.509. The number of aromatic amines is 1. The molecule has 8 nitrogen and oxygen atoms in total. The van der Waals surface area contributed by atoms with Crippen LogP contribution in [-0.2, 0) is 17.1 Å². The summed E-state index contributed by atoms with van der Waals surface area (Å²) in [6, 6.07) is 16.4. The third-order valence-electron chi connectivity index (χ3n) is 5.75. The van der Waals surface area contributed by atoms with Crippen molar-refractivity contribution in [3.8, 4) is 17.1 Å². The first-order chi connectivity index (χ1) is 16.7. The molecule has 2 aromatic heterocycles. The molecule has 0 unspecified atom stereocenters. The maximum atomic E-state index is 13.6. The second-order valence-electron chi connectivity index (χ2n) is 7.94. The number of rotatable bonds is 5. The maximum Gasteiger partial charge on any atom is 0.296 e. The van der Waals surface area contributed by atoms with Crippen LogP contribution in [0.5, 0.6) is 0 Å². The average molecular weight is 496 g/mol. The summed E-state index contributed by atoms with van der Waals surface area (Å²) in [7, 11) is -2.47. The Hall–Kier alpha value is -4.25. The Bertz CT molecular complexity index is 1760. The standard InChI is InChI=1S/C24H19F2N5O3S/c1-14-22(24(32)31(30(14)2)16-6-4-3-5-7-16)29-35(33,34)17-9-11-20-21(13-17)28-23(27-20)15-8-10-18(25)19(26)12-15/h3-13,29H,1-2H3,(H,27,28). The first-order valence-electron chi connectivity index (χ1n) is 10.5. The highest BCUT2D eigenvalue weighted by atomic mass is 32.2. The molecule has 0 bridgehead atoms. The van der Waals surface area contributed by atoms with E-state index >= 15 is 0 Å². The molecular formula is C24H19F2N5O3S.